The van der Waals surface area contributed by atoms with Crippen LogP contribution in [0.15, 0.2) is 18.2 Å². The van der Waals surface area contributed by atoms with E-state index in [-0.39, 0.29) is 11.9 Å². The average molecular weight is 405 g/mol. The predicted octanol–water partition coefficient (Wildman–Crippen LogP) is 3.35. The Bertz CT molecular complexity index is 531. The van der Waals surface area contributed by atoms with E-state index in [9.17, 15) is 4.79 Å². The predicted molar refractivity (Wildman–Crippen MR) is 89.2 cm³/mol. The Morgan fingerprint density at radius 2 is 2.25 bits per heavy atom. The Morgan fingerprint density at radius 3 is 2.90 bits per heavy atom. The zero-order valence-electron chi connectivity index (χ0n) is 11.2. The highest BCUT2D eigenvalue weighted by Gasteiger charge is 2.41. The minimum absolute atomic E-state index is 0.00956. The highest BCUT2D eigenvalue weighted by Crippen LogP contribution is 2.38. The third-order valence-electron chi connectivity index (χ3n) is 4.46. The summed E-state index contributed by atoms with van der Waals surface area (Å²) in [5, 5.41) is 7.42. The zero-order chi connectivity index (χ0) is 14.2. The van der Waals surface area contributed by atoms with E-state index in [4.69, 9.17) is 11.6 Å². The Hall–Kier alpha value is -0.330. The van der Waals surface area contributed by atoms with Crippen LogP contribution in [0.5, 0.6) is 0 Å². The van der Waals surface area contributed by atoms with Crippen LogP contribution in [0.3, 0.4) is 0 Å². The van der Waals surface area contributed by atoms with E-state index in [0.29, 0.717) is 16.1 Å². The van der Waals surface area contributed by atoms with Crippen LogP contribution in [0.25, 0.3) is 0 Å². The maximum Gasteiger partial charge on any atom is 0.251 e. The second-order valence-electron chi connectivity index (χ2n) is 5.85. The lowest BCUT2D eigenvalue weighted by Crippen LogP contribution is -2.59. The smallest absolute Gasteiger partial charge is 0.251 e. The molecule has 2 aliphatic rings. The van der Waals surface area contributed by atoms with Crippen LogP contribution in [0, 0.1) is 3.57 Å². The molecule has 1 aliphatic heterocycles. The van der Waals surface area contributed by atoms with Gasteiger partial charge in [0.25, 0.3) is 5.91 Å². The lowest BCUT2D eigenvalue weighted by Gasteiger charge is -2.48. The second-order valence-corrected chi connectivity index (χ2v) is 7.42. The van der Waals surface area contributed by atoms with Gasteiger partial charge in [-0.2, -0.15) is 0 Å². The van der Waals surface area contributed by atoms with Crippen LogP contribution in [0.2, 0.25) is 5.02 Å². The molecule has 1 atom stereocenters. The maximum absolute atomic E-state index is 12.3. The van der Waals surface area contributed by atoms with Gasteiger partial charge in [0, 0.05) is 20.7 Å². The van der Waals surface area contributed by atoms with Crippen molar-refractivity contribution in [1.29, 1.82) is 0 Å². The molecule has 1 unspecified atom stereocenters. The lowest BCUT2D eigenvalue weighted by molar-refractivity contribution is 0.0853. The summed E-state index contributed by atoms with van der Waals surface area (Å²) < 4.78 is 0.969. The van der Waals surface area contributed by atoms with E-state index in [2.05, 4.69) is 33.2 Å². The number of carbonyl (C=O) groups excluding carboxylic acids is 1. The Labute approximate surface area is 138 Å². The van der Waals surface area contributed by atoms with E-state index in [1.807, 2.05) is 12.1 Å². The van der Waals surface area contributed by atoms with Gasteiger partial charge in [-0.05, 0) is 79.4 Å². The molecule has 1 spiro atoms. The van der Waals surface area contributed by atoms with Crippen molar-refractivity contribution in [3.8, 4) is 0 Å². The molecule has 1 saturated heterocycles. The minimum Gasteiger partial charge on any atom is -0.349 e. The number of rotatable bonds is 2. The number of halogens is 2. The Balaban J connectivity index is 1.64. The second kappa shape index (κ2) is 5.81. The molecule has 3 rings (SSSR count). The molecule has 1 aliphatic carbocycles. The highest BCUT2D eigenvalue weighted by atomic mass is 127. The summed E-state index contributed by atoms with van der Waals surface area (Å²) in [5.74, 6) is -0.00956. The van der Waals surface area contributed by atoms with Crippen molar-refractivity contribution in [3.05, 3.63) is 32.4 Å². The van der Waals surface area contributed by atoms with Crippen LogP contribution in [0.4, 0.5) is 0 Å². The van der Waals surface area contributed by atoms with Crippen LogP contribution in [0.1, 0.15) is 42.5 Å². The standard InChI is InChI=1S/C15H18ClIN2O/c16-12-8-10(2-3-13(12)17)14(20)19-11-4-7-18-15(9-11)5-1-6-15/h2-3,8,11,18H,1,4-7,9H2,(H,19,20). The van der Waals surface area contributed by atoms with Crippen molar-refractivity contribution in [2.75, 3.05) is 6.54 Å². The first-order valence-corrected chi connectivity index (χ1v) is 8.55. The van der Waals surface area contributed by atoms with Crippen molar-refractivity contribution in [2.45, 2.75) is 43.7 Å². The molecule has 1 saturated carbocycles. The van der Waals surface area contributed by atoms with E-state index in [0.717, 1.165) is 23.0 Å². The van der Waals surface area contributed by atoms with Crippen LogP contribution in [-0.2, 0) is 0 Å². The van der Waals surface area contributed by atoms with Gasteiger partial charge < -0.3 is 10.6 Å². The summed E-state index contributed by atoms with van der Waals surface area (Å²) in [7, 11) is 0. The number of hydrogen-bond donors (Lipinski definition) is 2. The first-order chi connectivity index (χ1) is 9.58. The molecule has 2 N–H and O–H groups in total. The first-order valence-electron chi connectivity index (χ1n) is 7.09. The van der Waals surface area contributed by atoms with Gasteiger partial charge in [0.1, 0.15) is 0 Å². The Morgan fingerprint density at radius 1 is 1.45 bits per heavy atom. The third-order valence-corrected chi connectivity index (χ3v) is 6.03. The monoisotopic (exact) mass is 404 g/mol. The molecule has 108 valence electrons. The quantitative estimate of drug-likeness (QED) is 0.742. The van der Waals surface area contributed by atoms with Gasteiger partial charge in [-0.15, -0.1) is 0 Å². The fraction of sp³-hybridized carbons (Fsp3) is 0.533. The van der Waals surface area contributed by atoms with Crippen molar-refractivity contribution in [3.63, 3.8) is 0 Å². The molecule has 0 radical (unpaired) electrons. The van der Waals surface area contributed by atoms with Gasteiger partial charge in [-0.1, -0.05) is 11.6 Å². The van der Waals surface area contributed by atoms with Gasteiger partial charge in [0.2, 0.25) is 0 Å². The number of benzene rings is 1. The number of amides is 1. The normalized spacial score (nSPS) is 24.2. The first kappa shape index (κ1) is 14.6. The van der Waals surface area contributed by atoms with E-state index >= 15 is 0 Å². The summed E-state index contributed by atoms with van der Waals surface area (Å²) in [5.41, 5.74) is 0.955. The lowest BCUT2D eigenvalue weighted by atomic mass is 9.70. The largest absolute Gasteiger partial charge is 0.349 e. The summed E-state index contributed by atoms with van der Waals surface area (Å²) in [6, 6.07) is 5.75. The van der Waals surface area contributed by atoms with E-state index < -0.39 is 0 Å². The molecule has 1 aromatic carbocycles. The number of hydrogen-bond acceptors (Lipinski definition) is 2. The summed E-state index contributed by atoms with van der Waals surface area (Å²) in [6.07, 6.45) is 5.85. The summed E-state index contributed by atoms with van der Waals surface area (Å²) in [6.45, 7) is 0.998. The van der Waals surface area contributed by atoms with Crippen molar-refractivity contribution in [2.24, 2.45) is 0 Å². The number of nitrogens with one attached hydrogen (secondary N) is 2. The molecule has 5 heteroatoms. The molecular weight excluding hydrogens is 387 g/mol. The molecule has 0 bridgehead atoms. The molecule has 1 amide bonds. The van der Waals surface area contributed by atoms with E-state index in [1.165, 1.54) is 19.3 Å². The van der Waals surface area contributed by atoms with Gasteiger partial charge in [-0.3, -0.25) is 4.79 Å². The molecule has 20 heavy (non-hydrogen) atoms. The fourth-order valence-corrected chi connectivity index (χ4v) is 3.69. The van der Waals surface area contributed by atoms with Gasteiger partial charge >= 0.3 is 0 Å². The van der Waals surface area contributed by atoms with Gasteiger partial charge in [0.05, 0.1) is 5.02 Å². The average Bonchev–Trinajstić information content (AvgIpc) is 2.40. The summed E-state index contributed by atoms with van der Waals surface area (Å²) >= 11 is 8.24. The zero-order valence-corrected chi connectivity index (χ0v) is 14.1. The van der Waals surface area contributed by atoms with Crippen molar-refractivity contribution < 1.29 is 4.79 Å². The minimum atomic E-state index is -0.00956. The SMILES string of the molecule is O=C(NC1CCNC2(CCC2)C1)c1ccc(I)c(Cl)c1. The third kappa shape index (κ3) is 2.97. The van der Waals surface area contributed by atoms with E-state index in [1.54, 1.807) is 6.07 Å². The number of carbonyl (C=O) groups is 1. The van der Waals surface area contributed by atoms with Crippen LogP contribution >= 0.6 is 34.2 Å². The topological polar surface area (TPSA) is 41.1 Å². The van der Waals surface area contributed by atoms with Gasteiger partial charge in [-0.25, -0.2) is 0 Å². The fourth-order valence-electron chi connectivity index (χ4n) is 3.17. The van der Waals surface area contributed by atoms with Crippen molar-refractivity contribution >= 4 is 40.1 Å². The number of piperidine rings is 1. The highest BCUT2D eigenvalue weighted by molar-refractivity contribution is 14.1. The molecule has 0 aromatic heterocycles. The molecule has 1 heterocycles. The van der Waals surface area contributed by atoms with Crippen molar-refractivity contribution in [1.82, 2.24) is 10.6 Å². The van der Waals surface area contributed by atoms with Gasteiger partial charge in [0.15, 0.2) is 0 Å². The molecular formula is C15H18ClIN2O. The molecule has 1 aromatic rings. The van der Waals surface area contributed by atoms with Crippen LogP contribution in [-0.4, -0.2) is 24.0 Å². The summed E-state index contributed by atoms with van der Waals surface area (Å²) in [4.78, 5) is 12.3. The molecule has 3 nitrogen and oxygen atoms in total. The Kier molecular flexibility index (Phi) is 4.24. The maximum atomic E-state index is 12.3. The molecule has 2 fully saturated rings. The van der Waals surface area contributed by atoms with Crippen LogP contribution < -0.4 is 10.6 Å².